The summed E-state index contributed by atoms with van der Waals surface area (Å²) in [5.41, 5.74) is -1.16. The van der Waals surface area contributed by atoms with Crippen LogP contribution in [0.2, 0.25) is 0 Å². The van der Waals surface area contributed by atoms with Gasteiger partial charge in [-0.1, -0.05) is 27.7 Å². The van der Waals surface area contributed by atoms with Crippen molar-refractivity contribution in [1.29, 1.82) is 5.26 Å². The molecule has 1 saturated carbocycles. The number of alkyl halides is 3. The van der Waals surface area contributed by atoms with Gasteiger partial charge in [0.15, 0.2) is 0 Å². The van der Waals surface area contributed by atoms with Crippen molar-refractivity contribution < 1.29 is 32.3 Å². The molecular formula is C25H36F3N5O4. The van der Waals surface area contributed by atoms with E-state index >= 15 is 0 Å². The van der Waals surface area contributed by atoms with E-state index in [0.29, 0.717) is 12.8 Å². The van der Waals surface area contributed by atoms with Gasteiger partial charge in [0.2, 0.25) is 17.7 Å². The van der Waals surface area contributed by atoms with Gasteiger partial charge in [-0.3, -0.25) is 19.2 Å². The predicted molar refractivity (Wildman–Crippen MR) is 126 cm³/mol. The van der Waals surface area contributed by atoms with Gasteiger partial charge in [-0.25, -0.2) is 0 Å². The summed E-state index contributed by atoms with van der Waals surface area (Å²) in [6.07, 6.45) is -0.824. The largest absolute Gasteiger partial charge is 0.471 e. The van der Waals surface area contributed by atoms with E-state index in [0.717, 1.165) is 19.3 Å². The quantitative estimate of drug-likeness (QED) is 0.487. The Labute approximate surface area is 214 Å². The molecule has 0 aromatic carbocycles. The topological polar surface area (TPSA) is 131 Å². The first-order chi connectivity index (χ1) is 17.1. The molecule has 0 aromatic rings. The maximum atomic E-state index is 13.5. The van der Waals surface area contributed by atoms with Gasteiger partial charge in [0, 0.05) is 18.0 Å². The average molecular weight is 528 g/mol. The number of hydrogen-bond acceptors (Lipinski definition) is 5. The Bertz CT molecular complexity index is 967. The number of nitrogens with one attached hydrogen (secondary N) is 3. The lowest BCUT2D eigenvalue weighted by molar-refractivity contribution is -0.176. The summed E-state index contributed by atoms with van der Waals surface area (Å²) in [7, 11) is 0. The highest BCUT2D eigenvalue weighted by atomic mass is 19.4. The van der Waals surface area contributed by atoms with Crippen molar-refractivity contribution in [1.82, 2.24) is 20.9 Å². The Morgan fingerprint density at radius 1 is 1.14 bits per heavy atom. The SMILES string of the molecule is C[C@H]1CC[C@@H](C(=O)N[C@H](C#N)C[C@@H]2CCC3(CC3)NC2=O)N(C(=O)[C@@H](NC(=O)C(F)(F)F)C(C)(C)C)C1. The smallest absolute Gasteiger partial charge is 0.350 e. The zero-order valence-electron chi connectivity index (χ0n) is 21.7. The molecule has 2 heterocycles. The second-order valence-corrected chi connectivity index (χ2v) is 11.9. The number of nitriles is 1. The summed E-state index contributed by atoms with van der Waals surface area (Å²) in [5, 5.41) is 17.1. The van der Waals surface area contributed by atoms with Crippen molar-refractivity contribution in [3.63, 3.8) is 0 Å². The van der Waals surface area contributed by atoms with Gasteiger partial charge in [0.05, 0.1) is 6.07 Å². The van der Waals surface area contributed by atoms with Crippen molar-refractivity contribution in [2.45, 2.75) is 102 Å². The Kier molecular flexibility index (Phi) is 8.15. The second-order valence-electron chi connectivity index (χ2n) is 11.9. The van der Waals surface area contributed by atoms with Crippen LogP contribution in [-0.4, -0.2) is 64.9 Å². The summed E-state index contributed by atoms with van der Waals surface area (Å²) >= 11 is 0. The molecule has 2 saturated heterocycles. The number of likely N-dealkylation sites (tertiary alicyclic amines) is 1. The van der Waals surface area contributed by atoms with Gasteiger partial charge < -0.3 is 20.9 Å². The Balaban J connectivity index is 1.72. The number of hydrogen-bond donors (Lipinski definition) is 3. The van der Waals surface area contributed by atoms with E-state index in [2.05, 4.69) is 10.6 Å². The van der Waals surface area contributed by atoms with Gasteiger partial charge in [-0.05, 0) is 56.3 Å². The first kappa shape index (κ1) is 28.7. The van der Waals surface area contributed by atoms with Crippen molar-refractivity contribution >= 4 is 23.6 Å². The zero-order valence-corrected chi connectivity index (χ0v) is 21.7. The third-order valence-electron chi connectivity index (χ3n) is 7.63. The van der Waals surface area contributed by atoms with Crippen LogP contribution in [0.3, 0.4) is 0 Å². The molecule has 0 bridgehead atoms. The molecule has 3 aliphatic rings. The fraction of sp³-hybridized carbons (Fsp3) is 0.800. The van der Waals surface area contributed by atoms with Crippen molar-refractivity contribution in [2.24, 2.45) is 17.3 Å². The molecule has 0 radical (unpaired) electrons. The van der Waals surface area contributed by atoms with E-state index in [1.54, 1.807) is 0 Å². The Morgan fingerprint density at radius 3 is 2.30 bits per heavy atom. The predicted octanol–water partition coefficient (Wildman–Crippen LogP) is 2.16. The molecule has 9 nitrogen and oxygen atoms in total. The van der Waals surface area contributed by atoms with Gasteiger partial charge in [0.1, 0.15) is 18.1 Å². The van der Waals surface area contributed by atoms with E-state index in [-0.39, 0.29) is 36.8 Å². The highest BCUT2D eigenvalue weighted by Gasteiger charge is 2.49. The lowest BCUT2D eigenvalue weighted by Crippen LogP contribution is -2.62. The number of carbonyl (C=O) groups excluding carboxylic acids is 4. The lowest BCUT2D eigenvalue weighted by atomic mass is 9.84. The van der Waals surface area contributed by atoms with Gasteiger partial charge in [0.25, 0.3) is 0 Å². The van der Waals surface area contributed by atoms with Crippen LogP contribution in [0.1, 0.15) is 72.6 Å². The molecule has 4 amide bonds. The fourth-order valence-corrected chi connectivity index (χ4v) is 5.15. The number of nitrogens with zero attached hydrogens (tertiary/aromatic N) is 2. The van der Waals surface area contributed by atoms with Crippen molar-refractivity contribution in [2.75, 3.05) is 6.54 Å². The molecule has 0 aromatic heterocycles. The third kappa shape index (κ3) is 6.93. The Hall–Kier alpha value is -2.84. The molecule has 37 heavy (non-hydrogen) atoms. The summed E-state index contributed by atoms with van der Waals surface area (Å²) in [4.78, 5) is 52.1. The second kappa shape index (κ2) is 10.5. The van der Waals surface area contributed by atoms with Crippen LogP contribution in [0.5, 0.6) is 0 Å². The summed E-state index contributed by atoms with van der Waals surface area (Å²) in [6, 6.07) is -1.47. The molecule has 1 aliphatic carbocycles. The number of amides is 4. The summed E-state index contributed by atoms with van der Waals surface area (Å²) in [5.74, 6) is -4.17. The molecular weight excluding hydrogens is 491 g/mol. The summed E-state index contributed by atoms with van der Waals surface area (Å²) in [6.45, 7) is 6.57. The minimum absolute atomic E-state index is 0.0145. The van der Waals surface area contributed by atoms with Crippen molar-refractivity contribution in [3.05, 3.63) is 0 Å². The number of halogens is 3. The molecule has 3 fully saturated rings. The average Bonchev–Trinajstić information content (AvgIpc) is 3.54. The van der Waals surface area contributed by atoms with E-state index < -0.39 is 53.4 Å². The van der Waals surface area contributed by atoms with Crippen LogP contribution in [-0.2, 0) is 19.2 Å². The minimum Gasteiger partial charge on any atom is -0.350 e. The van der Waals surface area contributed by atoms with Crippen LogP contribution in [0.4, 0.5) is 13.2 Å². The molecule has 2 aliphatic heterocycles. The van der Waals surface area contributed by atoms with E-state index in [1.165, 1.54) is 25.7 Å². The maximum absolute atomic E-state index is 13.5. The van der Waals surface area contributed by atoms with Crippen LogP contribution in [0.25, 0.3) is 0 Å². The van der Waals surface area contributed by atoms with Crippen LogP contribution < -0.4 is 16.0 Å². The zero-order chi connectivity index (χ0) is 27.8. The first-order valence-corrected chi connectivity index (χ1v) is 12.8. The molecule has 206 valence electrons. The highest BCUT2D eigenvalue weighted by Crippen LogP contribution is 2.44. The summed E-state index contributed by atoms with van der Waals surface area (Å²) < 4.78 is 38.9. The minimum atomic E-state index is -5.17. The molecule has 5 atom stereocenters. The number of piperidine rings is 2. The van der Waals surface area contributed by atoms with Crippen LogP contribution in [0.15, 0.2) is 0 Å². The monoisotopic (exact) mass is 527 g/mol. The highest BCUT2D eigenvalue weighted by molar-refractivity contribution is 5.94. The number of carbonyl (C=O) groups is 4. The Morgan fingerprint density at radius 2 is 1.78 bits per heavy atom. The fourth-order valence-electron chi connectivity index (χ4n) is 5.15. The first-order valence-electron chi connectivity index (χ1n) is 12.8. The van der Waals surface area contributed by atoms with E-state index in [1.807, 2.05) is 18.3 Å². The van der Waals surface area contributed by atoms with Crippen LogP contribution in [0, 0.1) is 28.6 Å². The maximum Gasteiger partial charge on any atom is 0.471 e. The van der Waals surface area contributed by atoms with Gasteiger partial charge >= 0.3 is 12.1 Å². The normalized spacial score (nSPS) is 26.9. The standard InChI is InChI=1S/C25H36F3N5O4/c1-14-5-6-17(33(13-14)21(36)18(23(2,3)4)31-22(37)25(26,27)28)20(35)30-16(12-29)11-15-7-8-24(9-10-24)32-19(15)34/h14-18H,5-11,13H2,1-4H3,(H,30,35)(H,31,37)(H,32,34)/t14-,15-,16-,17-,18+/m0/s1. The van der Waals surface area contributed by atoms with Gasteiger partial charge in [-0.2, -0.15) is 18.4 Å². The molecule has 3 rings (SSSR count). The van der Waals surface area contributed by atoms with E-state index in [9.17, 15) is 37.6 Å². The van der Waals surface area contributed by atoms with E-state index in [4.69, 9.17) is 0 Å². The van der Waals surface area contributed by atoms with Crippen LogP contribution >= 0.6 is 0 Å². The van der Waals surface area contributed by atoms with Gasteiger partial charge in [-0.15, -0.1) is 0 Å². The number of rotatable bonds is 6. The molecule has 1 spiro atoms. The van der Waals surface area contributed by atoms with Crippen molar-refractivity contribution in [3.8, 4) is 6.07 Å². The molecule has 0 unspecified atom stereocenters. The molecule has 12 heteroatoms. The lowest BCUT2D eigenvalue weighted by Gasteiger charge is -2.42. The molecule has 3 N–H and O–H groups in total. The third-order valence-corrected chi connectivity index (χ3v) is 7.63.